The minimum Gasteiger partial charge on any atom is -0.497 e. The molecular weight excluding hydrogens is 398 g/mol. The highest BCUT2D eigenvalue weighted by atomic mass is 16.5. The van der Waals surface area contributed by atoms with Crippen molar-refractivity contribution < 1.29 is 9.53 Å². The summed E-state index contributed by atoms with van der Waals surface area (Å²) in [6.07, 6.45) is 5.07. The first kappa shape index (κ1) is 21.5. The van der Waals surface area contributed by atoms with Gasteiger partial charge in [-0.15, -0.1) is 0 Å². The van der Waals surface area contributed by atoms with Crippen LogP contribution >= 0.6 is 0 Å². The van der Waals surface area contributed by atoms with E-state index >= 15 is 0 Å². The second kappa shape index (κ2) is 9.24. The van der Waals surface area contributed by atoms with Crippen LogP contribution in [0, 0.1) is 6.92 Å². The van der Waals surface area contributed by atoms with Gasteiger partial charge < -0.3 is 9.64 Å². The molecule has 1 amide bonds. The Kier molecular flexibility index (Phi) is 6.20. The Bertz CT molecular complexity index is 977. The number of methoxy groups -OCH3 is 1. The second-order valence-corrected chi connectivity index (χ2v) is 9.63. The van der Waals surface area contributed by atoms with E-state index in [0.717, 1.165) is 57.5 Å². The first-order valence-corrected chi connectivity index (χ1v) is 12.1. The van der Waals surface area contributed by atoms with E-state index in [-0.39, 0.29) is 0 Å². The maximum Gasteiger partial charge on any atom is 0.236 e. The molecule has 1 saturated heterocycles. The molecule has 2 fully saturated rings. The van der Waals surface area contributed by atoms with E-state index in [0.29, 0.717) is 12.5 Å². The van der Waals surface area contributed by atoms with Crippen LogP contribution in [0.4, 0.5) is 0 Å². The average Bonchev–Trinajstić information content (AvgIpc) is 2.78. The Morgan fingerprint density at radius 3 is 2.50 bits per heavy atom. The van der Waals surface area contributed by atoms with E-state index in [2.05, 4.69) is 52.0 Å². The molecule has 5 rings (SSSR count). The molecule has 2 heterocycles. The summed E-state index contributed by atoms with van der Waals surface area (Å²) < 4.78 is 5.35. The molecule has 2 aromatic rings. The van der Waals surface area contributed by atoms with Crippen LogP contribution < -0.4 is 4.74 Å². The zero-order valence-electron chi connectivity index (χ0n) is 19.5. The van der Waals surface area contributed by atoms with Gasteiger partial charge in [0.05, 0.1) is 13.7 Å². The topological polar surface area (TPSA) is 36.0 Å². The number of ether oxygens (including phenoxy) is 1. The smallest absolute Gasteiger partial charge is 0.236 e. The van der Waals surface area contributed by atoms with Crippen LogP contribution in [-0.2, 0) is 17.8 Å². The maximum absolute atomic E-state index is 12.9. The Hall–Kier alpha value is -2.37. The lowest BCUT2D eigenvalue weighted by Gasteiger charge is -2.43. The van der Waals surface area contributed by atoms with Crippen LogP contribution in [0.5, 0.6) is 5.75 Å². The summed E-state index contributed by atoms with van der Waals surface area (Å²) in [4.78, 5) is 19.9. The van der Waals surface area contributed by atoms with E-state index < -0.39 is 0 Å². The Morgan fingerprint density at radius 2 is 1.81 bits per heavy atom. The number of piperazine rings is 1. The van der Waals surface area contributed by atoms with E-state index in [1.807, 2.05) is 6.07 Å². The number of fused-ring (bicyclic) bond motifs is 1. The number of nitrogens with zero attached hydrogens (tertiary/aromatic N) is 3. The third-order valence-electron chi connectivity index (χ3n) is 7.66. The van der Waals surface area contributed by atoms with Crippen molar-refractivity contribution in [3.63, 3.8) is 0 Å². The summed E-state index contributed by atoms with van der Waals surface area (Å²) >= 11 is 0. The highest BCUT2D eigenvalue weighted by Gasteiger charge is 2.30. The summed E-state index contributed by atoms with van der Waals surface area (Å²) in [5.74, 6) is 1.20. The van der Waals surface area contributed by atoms with Crippen LogP contribution in [0.3, 0.4) is 0 Å². The fourth-order valence-corrected chi connectivity index (χ4v) is 5.38. The van der Waals surface area contributed by atoms with Gasteiger partial charge in [0.25, 0.3) is 0 Å². The molecule has 2 aliphatic heterocycles. The lowest BCUT2D eigenvalue weighted by Crippen LogP contribution is -2.55. The Morgan fingerprint density at radius 1 is 1.00 bits per heavy atom. The van der Waals surface area contributed by atoms with Gasteiger partial charge in [0.15, 0.2) is 0 Å². The molecule has 170 valence electrons. The van der Waals surface area contributed by atoms with Crippen molar-refractivity contribution in [3.8, 4) is 16.9 Å². The monoisotopic (exact) mass is 433 g/mol. The number of carbonyl (C=O) groups excluding carboxylic acids is 1. The van der Waals surface area contributed by atoms with Crippen LogP contribution in [0.2, 0.25) is 0 Å². The molecule has 0 spiro atoms. The largest absolute Gasteiger partial charge is 0.497 e. The molecule has 0 bridgehead atoms. The summed E-state index contributed by atoms with van der Waals surface area (Å²) in [6, 6.07) is 13.9. The van der Waals surface area contributed by atoms with Gasteiger partial charge in [-0.1, -0.05) is 30.7 Å². The molecule has 0 unspecified atom stereocenters. The number of aryl methyl sites for hydroxylation is 1. The van der Waals surface area contributed by atoms with Gasteiger partial charge in [0.1, 0.15) is 5.75 Å². The number of carbonyl (C=O) groups is 1. The zero-order valence-corrected chi connectivity index (χ0v) is 19.5. The van der Waals surface area contributed by atoms with Crippen LogP contribution in [0.25, 0.3) is 11.1 Å². The van der Waals surface area contributed by atoms with E-state index in [1.165, 1.54) is 47.1 Å². The van der Waals surface area contributed by atoms with Gasteiger partial charge in [-0.2, -0.15) is 0 Å². The number of hydrogen-bond donors (Lipinski definition) is 0. The van der Waals surface area contributed by atoms with Crippen molar-refractivity contribution in [3.05, 3.63) is 53.1 Å². The van der Waals surface area contributed by atoms with Gasteiger partial charge in [-0.05, 0) is 66.1 Å². The Labute approximate surface area is 191 Å². The number of benzene rings is 2. The summed E-state index contributed by atoms with van der Waals surface area (Å²) in [6.45, 7) is 8.38. The van der Waals surface area contributed by atoms with Crippen molar-refractivity contribution in [2.75, 3.05) is 46.4 Å². The van der Waals surface area contributed by atoms with Crippen molar-refractivity contribution in [1.82, 2.24) is 14.7 Å². The highest BCUT2D eigenvalue weighted by Crippen LogP contribution is 2.30. The molecule has 5 nitrogen and oxygen atoms in total. The molecule has 5 heteroatoms. The predicted molar refractivity (Wildman–Crippen MR) is 128 cm³/mol. The first-order valence-electron chi connectivity index (χ1n) is 12.1. The van der Waals surface area contributed by atoms with E-state index in [9.17, 15) is 4.79 Å². The van der Waals surface area contributed by atoms with E-state index in [4.69, 9.17) is 4.74 Å². The lowest BCUT2D eigenvalue weighted by atomic mass is 9.91. The normalized spacial score (nSPS) is 20.0. The molecule has 0 N–H and O–H groups in total. The molecule has 32 heavy (non-hydrogen) atoms. The lowest BCUT2D eigenvalue weighted by molar-refractivity contribution is -0.135. The van der Waals surface area contributed by atoms with Crippen molar-refractivity contribution >= 4 is 5.91 Å². The fourth-order valence-electron chi connectivity index (χ4n) is 5.38. The maximum atomic E-state index is 12.9. The third-order valence-corrected chi connectivity index (χ3v) is 7.66. The van der Waals surface area contributed by atoms with Crippen LogP contribution in [-0.4, -0.2) is 73.0 Å². The summed E-state index contributed by atoms with van der Waals surface area (Å²) in [5, 5.41) is 0. The highest BCUT2D eigenvalue weighted by molar-refractivity contribution is 5.78. The molecule has 3 aliphatic rings. The second-order valence-electron chi connectivity index (χ2n) is 9.63. The minimum atomic E-state index is 0.298. The molecule has 1 aliphatic carbocycles. The van der Waals surface area contributed by atoms with Crippen molar-refractivity contribution in [2.24, 2.45) is 0 Å². The number of rotatable bonds is 5. The van der Waals surface area contributed by atoms with Gasteiger partial charge in [0, 0.05) is 45.3 Å². The minimum absolute atomic E-state index is 0.298. The third kappa shape index (κ3) is 4.41. The van der Waals surface area contributed by atoms with Gasteiger partial charge in [0.2, 0.25) is 5.91 Å². The van der Waals surface area contributed by atoms with Crippen molar-refractivity contribution in [1.29, 1.82) is 0 Å². The molecule has 0 atom stereocenters. The Balaban J connectivity index is 1.18. The van der Waals surface area contributed by atoms with Gasteiger partial charge in [-0.25, -0.2) is 0 Å². The van der Waals surface area contributed by atoms with Crippen LogP contribution in [0.1, 0.15) is 36.0 Å². The van der Waals surface area contributed by atoms with Crippen LogP contribution in [0.15, 0.2) is 36.4 Å². The first-order chi connectivity index (χ1) is 15.6. The molecule has 0 aromatic heterocycles. The van der Waals surface area contributed by atoms with Gasteiger partial charge in [-0.3, -0.25) is 14.6 Å². The van der Waals surface area contributed by atoms with Crippen molar-refractivity contribution in [2.45, 2.75) is 45.2 Å². The predicted octanol–water partition coefficient (Wildman–Crippen LogP) is 3.73. The van der Waals surface area contributed by atoms with Gasteiger partial charge >= 0.3 is 0 Å². The molecule has 0 radical (unpaired) electrons. The summed E-state index contributed by atoms with van der Waals surface area (Å²) in [5.41, 5.74) is 6.51. The molecular formula is C27H35N3O2. The zero-order chi connectivity index (χ0) is 22.1. The number of amides is 1. The quantitative estimate of drug-likeness (QED) is 0.720. The summed E-state index contributed by atoms with van der Waals surface area (Å²) in [7, 11) is 1.71. The standard InChI is InChI=1S/C27H35N3O2/c1-20-16-25(32-2)8-9-26(20)22-6-7-23-18-28(11-10-21(23)17-22)19-27(31)30-14-12-29(13-15-30)24-4-3-5-24/h6-9,16-17,24H,3-5,10-15,18-19H2,1-2H3. The van der Waals surface area contributed by atoms with E-state index in [1.54, 1.807) is 7.11 Å². The number of hydrogen-bond acceptors (Lipinski definition) is 4. The molecule has 2 aromatic carbocycles. The molecule has 1 saturated carbocycles. The fraction of sp³-hybridized carbons (Fsp3) is 0.519. The average molecular weight is 434 g/mol. The SMILES string of the molecule is COc1ccc(-c2ccc3c(c2)CCN(CC(=O)N2CCN(C4CCC4)CC2)C3)c(C)c1.